The maximum absolute atomic E-state index is 13.2. The number of halogens is 4. The first-order chi connectivity index (χ1) is 9.35. The fourth-order valence-electron chi connectivity index (χ4n) is 1.81. The van der Waals surface area contributed by atoms with Gasteiger partial charge in [-0.1, -0.05) is 31.2 Å². The Kier molecular flexibility index (Phi) is 3.97. The van der Waals surface area contributed by atoms with Crippen LogP contribution in [-0.4, -0.2) is 6.36 Å². The van der Waals surface area contributed by atoms with Gasteiger partial charge in [-0.3, -0.25) is 0 Å². The van der Waals surface area contributed by atoms with E-state index < -0.39 is 12.2 Å². The molecule has 0 N–H and O–H groups in total. The zero-order valence-electron chi connectivity index (χ0n) is 10.5. The summed E-state index contributed by atoms with van der Waals surface area (Å²) in [5.41, 5.74) is 1.14. The minimum absolute atomic E-state index is 0.300. The summed E-state index contributed by atoms with van der Waals surface area (Å²) in [4.78, 5) is 0. The van der Waals surface area contributed by atoms with Crippen molar-refractivity contribution in [2.45, 2.75) is 13.3 Å². The van der Waals surface area contributed by atoms with Crippen LogP contribution < -0.4 is 4.74 Å². The Hall–Kier alpha value is -2.04. The van der Waals surface area contributed by atoms with Crippen LogP contribution in [0.25, 0.3) is 0 Å². The Labute approximate surface area is 113 Å². The molecule has 0 saturated carbocycles. The molecule has 0 fully saturated rings. The fourth-order valence-corrected chi connectivity index (χ4v) is 1.81. The number of rotatable bonds is 3. The summed E-state index contributed by atoms with van der Waals surface area (Å²) in [6.45, 7) is 1.71. The number of hydrogen-bond donors (Lipinski definition) is 0. The molecule has 2 aromatic carbocycles. The second-order valence-corrected chi connectivity index (χ2v) is 4.21. The third kappa shape index (κ3) is 3.73. The minimum atomic E-state index is -4.73. The summed E-state index contributed by atoms with van der Waals surface area (Å²) in [6.07, 6.45) is -4.73. The van der Waals surface area contributed by atoms with Gasteiger partial charge in [0.05, 0.1) is 0 Å². The van der Waals surface area contributed by atoms with Gasteiger partial charge in [0.15, 0.2) is 0 Å². The highest BCUT2D eigenvalue weighted by Gasteiger charge is 2.31. The van der Waals surface area contributed by atoms with E-state index in [-0.39, 0.29) is 5.75 Å². The lowest BCUT2D eigenvalue weighted by molar-refractivity contribution is -0.274. The molecule has 20 heavy (non-hydrogen) atoms. The number of alkyl halides is 3. The molecule has 0 aliphatic carbocycles. The predicted octanol–water partition coefficient (Wildman–Crippen LogP) is 4.72. The fraction of sp³-hybridized carbons (Fsp3) is 0.133. The van der Waals surface area contributed by atoms with Crippen LogP contribution in [0, 0.1) is 11.7 Å². The normalized spacial score (nSPS) is 11.7. The average Bonchev–Trinajstić information content (AvgIpc) is 2.36. The first-order valence-corrected chi connectivity index (χ1v) is 5.81. The van der Waals surface area contributed by atoms with Gasteiger partial charge in [-0.05, 0) is 35.4 Å². The summed E-state index contributed by atoms with van der Waals surface area (Å²) in [7, 11) is 0. The molecule has 0 saturated heterocycles. The number of ether oxygens (including phenoxy) is 1. The minimum Gasteiger partial charge on any atom is -0.406 e. The third-order valence-corrected chi connectivity index (χ3v) is 2.76. The summed E-state index contributed by atoms with van der Waals surface area (Å²) in [5.74, 6) is -0.0348. The van der Waals surface area contributed by atoms with Gasteiger partial charge < -0.3 is 4.74 Å². The van der Waals surface area contributed by atoms with Crippen LogP contribution >= 0.6 is 0 Å². The smallest absolute Gasteiger partial charge is 0.406 e. The summed E-state index contributed by atoms with van der Waals surface area (Å²) in [5, 5.41) is 0. The Morgan fingerprint density at radius 2 is 1.55 bits per heavy atom. The lowest BCUT2D eigenvalue weighted by Gasteiger charge is -2.14. The molecule has 0 aliphatic heterocycles. The van der Waals surface area contributed by atoms with Gasteiger partial charge in [0.25, 0.3) is 0 Å². The van der Waals surface area contributed by atoms with E-state index in [0.29, 0.717) is 17.0 Å². The van der Waals surface area contributed by atoms with Crippen LogP contribution in [0.3, 0.4) is 0 Å². The van der Waals surface area contributed by atoms with E-state index in [1.165, 1.54) is 30.3 Å². The quantitative estimate of drug-likeness (QED) is 0.741. The van der Waals surface area contributed by atoms with Crippen molar-refractivity contribution in [3.63, 3.8) is 0 Å². The van der Waals surface area contributed by atoms with Crippen molar-refractivity contribution in [1.29, 1.82) is 0 Å². The number of benzene rings is 2. The zero-order chi connectivity index (χ0) is 14.8. The van der Waals surface area contributed by atoms with Crippen LogP contribution in [0.4, 0.5) is 17.6 Å². The highest BCUT2D eigenvalue weighted by Crippen LogP contribution is 2.29. The molecule has 1 nitrogen and oxygen atoms in total. The predicted molar refractivity (Wildman–Crippen MR) is 66.6 cm³/mol. The summed E-state index contributed by atoms with van der Waals surface area (Å²) in [6, 6.07) is 11.5. The van der Waals surface area contributed by atoms with Crippen LogP contribution in [0.1, 0.15) is 18.1 Å². The van der Waals surface area contributed by atoms with Gasteiger partial charge in [-0.2, -0.15) is 0 Å². The molecule has 1 radical (unpaired) electrons. The molecule has 0 unspecified atom stereocenters. The van der Waals surface area contributed by atoms with Gasteiger partial charge >= 0.3 is 6.36 Å². The summed E-state index contributed by atoms with van der Waals surface area (Å²) < 4.78 is 53.5. The number of hydrogen-bond acceptors (Lipinski definition) is 1. The van der Waals surface area contributed by atoms with E-state index in [9.17, 15) is 17.6 Å². The van der Waals surface area contributed by atoms with Crippen LogP contribution in [-0.2, 0) is 0 Å². The van der Waals surface area contributed by atoms with Crippen LogP contribution in [0.15, 0.2) is 48.5 Å². The maximum Gasteiger partial charge on any atom is 0.573 e. The first-order valence-electron chi connectivity index (χ1n) is 5.81. The molecule has 0 heterocycles. The zero-order valence-corrected chi connectivity index (χ0v) is 10.5. The molecule has 0 aromatic heterocycles. The van der Waals surface area contributed by atoms with Gasteiger partial charge in [0.1, 0.15) is 11.6 Å². The van der Waals surface area contributed by atoms with E-state index in [1.807, 2.05) is 0 Å². The van der Waals surface area contributed by atoms with E-state index in [2.05, 4.69) is 4.74 Å². The van der Waals surface area contributed by atoms with Gasteiger partial charge in [0.2, 0.25) is 0 Å². The van der Waals surface area contributed by atoms with Crippen molar-refractivity contribution in [3.05, 3.63) is 71.4 Å². The van der Waals surface area contributed by atoms with Gasteiger partial charge in [0, 0.05) is 5.92 Å². The van der Waals surface area contributed by atoms with Crippen molar-refractivity contribution in [2.75, 3.05) is 0 Å². The summed E-state index contributed by atoms with van der Waals surface area (Å²) >= 11 is 0. The van der Waals surface area contributed by atoms with Gasteiger partial charge in [-0.25, -0.2) is 4.39 Å². The van der Waals surface area contributed by atoms with Crippen LogP contribution in [0.5, 0.6) is 5.75 Å². The molecule has 2 rings (SSSR count). The highest BCUT2D eigenvalue weighted by molar-refractivity contribution is 5.46. The third-order valence-electron chi connectivity index (χ3n) is 2.76. The van der Waals surface area contributed by atoms with E-state index in [1.54, 1.807) is 25.1 Å². The standard InChI is InChI=1S/C15H11F4O/c1-10(11-4-2-6-13(16)8-11)12-5-3-7-14(9-12)20-15(17,18)19/h2-9H,1H3. The highest BCUT2D eigenvalue weighted by atomic mass is 19.4. The van der Waals surface area contributed by atoms with E-state index in [0.717, 1.165) is 0 Å². The van der Waals surface area contributed by atoms with Crippen molar-refractivity contribution >= 4 is 0 Å². The molecular formula is C15H11F4O. The van der Waals surface area contributed by atoms with E-state index in [4.69, 9.17) is 0 Å². The largest absolute Gasteiger partial charge is 0.573 e. The van der Waals surface area contributed by atoms with Crippen molar-refractivity contribution in [3.8, 4) is 5.75 Å². The second kappa shape index (κ2) is 5.53. The maximum atomic E-state index is 13.2. The molecule has 105 valence electrons. The second-order valence-electron chi connectivity index (χ2n) is 4.21. The Bertz CT molecular complexity index is 592. The molecule has 0 aliphatic rings. The lowest BCUT2D eigenvalue weighted by atomic mass is 9.93. The van der Waals surface area contributed by atoms with Gasteiger partial charge in [-0.15, -0.1) is 13.2 Å². The Morgan fingerprint density at radius 1 is 0.950 bits per heavy atom. The molecule has 0 spiro atoms. The first kappa shape index (κ1) is 14.4. The van der Waals surface area contributed by atoms with Crippen molar-refractivity contribution < 1.29 is 22.3 Å². The van der Waals surface area contributed by atoms with Crippen LogP contribution in [0.2, 0.25) is 0 Å². The van der Waals surface area contributed by atoms with E-state index >= 15 is 0 Å². The monoisotopic (exact) mass is 283 g/mol. The molecule has 0 atom stereocenters. The Balaban J connectivity index is 2.26. The topological polar surface area (TPSA) is 9.23 Å². The molecule has 0 amide bonds. The molecule has 2 aromatic rings. The Morgan fingerprint density at radius 3 is 2.15 bits per heavy atom. The molecule has 0 bridgehead atoms. The molecular weight excluding hydrogens is 272 g/mol. The van der Waals surface area contributed by atoms with Crippen molar-refractivity contribution in [1.82, 2.24) is 0 Å². The lowest BCUT2D eigenvalue weighted by Crippen LogP contribution is -2.17. The van der Waals surface area contributed by atoms with Crippen molar-refractivity contribution in [2.24, 2.45) is 0 Å². The average molecular weight is 283 g/mol. The SMILES string of the molecule is C[C](c1cccc(F)c1)c1cccc(OC(F)(F)F)c1. The molecule has 5 heteroatoms.